The van der Waals surface area contributed by atoms with Gasteiger partial charge in [0.1, 0.15) is 6.61 Å². The maximum atomic E-state index is 13.6. The van der Waals surface area contributed by atoms with Gasteiger partial charge in [0.15, 0.2) is 17.4 Å². The average molecular weight is 289 g/mol. The molecule has 0 aromatic heterocycles. The van der Waals surface area contributed by atoms with Crippen LogP contribution in [0, 0.1) is 11.6 Å². The zero-order valence-electron chi connectivity index (χ0n) is 11.7. The van der Waals surface area contributed by atoms with Gasteiger partial charge >= 0.3 is 0 Å². The minimum atomic E-state index is -0.715. The molecule has 0 amide bonds. The Kier molecular flexibility index (Phi) is 8.10. The molecule has 0 atom stereocenters. The second-order valence-corrected chi connectivity index (χ2v) is 4.23. The molecule has 4 nitrogen and oxygen atoms in total. The van der Waals surface area contributed by atoms with Crippen LogP contribution in [-0.2, 0) is 15.9 Å². The molecule has 0 radical (unpaired) electrons. The smallest absolute Gasteiger partial charge is 0.190 e. The lowest BCUT2D eigenvalue weighted by Gasteiger charge is -2.10. The minimum absolute atomic E-state index is 0.0943. The molecule has 0 saturated heterocycles. The second kappa shape index (κ2) is 9.63. The molecule has 1 aromatic carbocycles. The van der Waals surface area contributed by atoms with Crippen LogP contribution in [0.25, 0.3) is 0 Å². The zero-order chi connectivity index (χ0) is 14.8. The summed E-state index contributed by atoms with van der Waals surface area (Å²) < 4.78 is 42.5. The third-order valence-electron chi connectivity index (χ3n) is 2.60. The van der Waals surface area contributed by atoms with E-state index in [-0.39, 0.29) is 19.0 Å². The summed E-state index contributed by atoms with van der Waals surface area (Å²) in [6.07, 6.45) is 1.20. The Morgan fingerprint density at radius 1 is 1.05 bits per heavy atom. The molecule has 114 valence electrons. The lowest BCUT2D eigenvalue weighted by molar-refractivity contribution is 0.0786. The van der Waals surface area contributed by atoms with Crippen LogP contribution >= 0.6 is 0 Å². The summed E-state index contributed by atoms with van der Waals surface area (Å²) in [7, 11) is 1.61. The molecule has 0 aliphatic rings. The first-order chi connectivity index (χ1) is 9.69. The second-order valence-electron chi connectivity index (χ2n) is 4.23. The summed E-state index contributed by atoms with van der Waals surface area (Å²) in [5.74, 6) is -1.80. The van der Waals surface area contributed by atoms with Crippen LogP contribution in [0.5, 0.6) is 5.75 Å². The maximum Gasteiger partial charge on any atom is 0.190 e. The van der Waals surface area contributed by atoms with Gasteiger partial charge in [0, 0.05) is 20.3 Å². The third kappa shape index (κ3) is 5.81. The third-order valence-corrected chi connectivity index (χ3v) is 2.60. The summed E-state index contributed by atoms with van der Waals surface area (Å²) in [6.45, 7) is 1.85. The SMILES string of the molecule is COCCCOCCOc1c(F)cc(CCN)cc1F. The van der Waals surface area contributed by atoms with E-state index < -0.39 is 11.6 Å². The molecule has 0 bridgehead atoms. The van der Waals surface area contributed by atoms with E-state index in [1.54, 1.807) is 7.11 Å². The van der Waals surface area contributed by atoms with E-state index in [1.807, 2.05) is 0 Å². The molecular formula is C14H21F2NO3. The fraction of sp³-hybridized carbons (Fsp3) is 0.571. The summed E-state index contributed by atoms with van der Waals surface area (Å²) in [5, 5.41) is 0. The molecule has 2 N–H and O–H groups in total. The molecule has 1 rings (SSSR count). The molecule has 20 heavy (non-hydrogen) atoms. The predicted molar refractivity (Wildman–Crippen MR) is 71.9 cm³/mol. The summed E-state index contributed by atoms with van der Waals surface area (Å²) in [5.41, 5.74) is 5.86. The molecule has 6 heteroatoms. The molecule has 0 saturated carbocycles. The average Bonchev–Trinajstić information content (AvgIpc) is 2.40. The van der Waals surface area contributed by atoms with Crippen LogP contribution in [0.3, 0.4) is 0 Å². The molecular weight excluding hydrogens is 268 g/mol. The highest BCUT2D eigenvalue weighted by molar-refractivity contribution is 5.31. The topological polar surface area (TPSA) is 53.7 Å². The quantitative estimate of drug-likeness (QED) is 0.668. The Balaban J connectivity index is 2.36. The lowest BCUT2D eigenvalue weighted by atomic mass is 10.1. The first kappa shape index (κ1) is 16.8. The highest BCUT2D eigenvalue weighted by Gasteiger charge is 2.12. The van der Waals surface area contributed by atoms with Crippen molar-refractivity contribution in [3.05, 3.63) is 29.3 Å². The molecule has 0 fully saturated rings. The summed E-state index contributed by atoms with van der Waals surface area (Å²) in [6, 6.07) is 2.48. The van der Waals surface area contributed by atoms with Crippen molar-refractivity contribution in [1.29, 1.82) is 0 Å². The van der Waals surface area contributed by atoms with Crippen molar-refractivity contribution in [1.82, 2.24) is 0 Å². The van der Waals surface area contributed by atoms with Gasteiger partial charge in [-0.1, -0.05) is 0 Å². The van der Waals surface area contributed by atoms with Crippen LogP contribution in [0.4, 0.5) is 8.78 Å². The monoisotopic (exact) mass is 289 g/mol. The van der Waals surface area contributed by atoms with Gasteiger partial charge in [-0.15, -0.1) is 0 Å². The molecule has 1 aromatic rings. The fourth-order valence-electron chi connectivity index (χ4n) is 1.67. The van der Waals surface area contributed by atoms with Crippen molar-refractivity contribution < 1.29 is 23.0 Å². The standard InChI is InChI=1S/C14H21F2NO3/c1-18-5-2-6-19-7-8-20-14-12(15)9-11(3-4-17)10-13(14)16/h9-10H,2-8,17H2,1H3. The van der Waals surface area contributed by atoms with E-state index in [2.05, 4.69) is 0 Å². The predicted octanol–water partition coefficient (Wildman–Crippen LogP) is 1.90. The van der Waals surface area contributed by atoms with E-state index in [0.29, 0.717) is 31.7 Å². The number of nitrogens with two attached hydrogens (primary N) is 1. The van der Waals surface area contributed by atoms with Crippen LogP contribution in [0.2, 0.25) is 0 Å². The first-order valence-corrected chi connectivity index (χ1v) is 6.56. The Labute approximate surface area is 117 Å². The molecule has 0 aliphatic carbocycles. The van der Waals surface area contributed by atoms with Gasteiger partial charge in [-0.3, -0.25) is 0 Å². The van der Waals surface area contributed by atoms with Gasteiger partial charge in [-0.05, 0) is 37.1 Å². The largest absolute Gasteiger partial charge is 0.485 e. The number of rotatable bonds is 10. The van der Waals surface area contributed by atoms with Crippen LogP contribution < -0.4 is 10.5 Å². The van der Waals surface area contributed by atoms with Crippen molar-refractivity contribution in [2.24, 2.45) is 5.73 Å². The van der Waals surface area contributed by atoms with E-state index in [4.69, 9.17) is 19.9 Å². The van der Waals surface area contributed by atoms with Gasteiger partial charge in [0.2, 0.25) is 0 Å². The number of hydrogen-bond acceptors (Lipinski definition) is 4. The Morgan fingerprint density at radius 2 is 1.75 bits per heavy atom. The van der Waals surface area contributed by atoms with E-state index in [9.17, 15) is 8.78 Å². The van der Waals surface area contributed by atoms with Crippen molar-refractivity contribution in [2.45, 2.75) is 12.8 Å². The Hall–Kier alpha value is -1.24. The normalized spacial score (nSPS) is 10.8. The van der Waals surface area contributed by atoms with Crippen LogP contribution in [-0.4, -0.2) is 40.1 Å². The van der Waals surface area contributed by atoms with Gasteiger partial charge in [0.25, 0.3) is 0 Å². The fourth-order valence-corrected chi connectivity index (χ4v) is 1.67. The van der Waals surface area contributed by atoms with Crippen molar-refractivity contribution in [3.8, 4) is 5.75 Å². The number of methoxy groups -OCH3 is 1. The van der Waals surface area contributed by atoms with Crippen LogP contribution in [0.15, 0.2) is 12.1 Å². The maximum absolute atomic E-state index is 13.6. The van der Waals surface area contributed by atoms with E-state index >= 15 is 0 Å². The van der Waals surface area contributed by atoms with Gasteiger partial charge in [-0.25, -0.2) is 8.78 Å². The zero-order valence-corrected chi connectivity index (χ0v) is 11.7. The Morgan fingerprint density at radius 3 is 2.35 bits per heavy atom. The molecule has 0 heterocycles. The van der Waals surface area contributed by atoms with E-state index in [1.165, 1.54) is 12.1 Å². The van der Waals surface area contributed by atoms with E-state index in [0.717, 1.165) is 6.42 Å². The molecule has 0 spiro atoms. The number of hydrogen-bond donors (Lipinski definition) is 1. The highest BCUT2D eigenvalue weighted by atomic mass is 19.1. The molecule has 0 unspecified atom stereocenters. The summed E-state index contributed by atoms with van der Waals surface area (Å²) in [4.78, 5) is 0. The summed E-state index contributed by atoms with van der Waals surface area (Å²) >= 11 is 0. The minimum Gasteiger partial charge on any atom is -0.485 e. The van der Waals surface area contributed by atoms with Crippen molar-refractivity contribution in [2.75, 3.05) is 40.1 Å². The van der Waals surface area contributed by atoms with Gasteiger partial charge in [-0.2, -0.15) is 0 Å². The first-order valence-electron chi connectivity index (χ1n) is 6.56. The van der Waals surface area contributed by atoms with Crippen molar-refractivity contribution >= 4 is 0 Å². The Bertz CT molecular complexity index is 379. The van der Waals surface area contributed by atoms with Crippen molar-refractivity contribution in [3.63, 3.8) is 0 Å². The lowest BCUT2D eigenvalue weighted by Crippen LogP contribution is -2.11. The van der Waals surface area contributed by atoms with Gasteiger partial charge < -0.3 is 19.9 Å². The van der Waals surface area contributed by atoms with Crippen LogP contribution in [0.1, 0.15) is 12.0 Å². The van der Waals surface area contributed by atoms with Gasteiger partial charge in [0.05, 0.1) is 6.61 Å². The highest BCUT2D eigenvalue weighted by Crippen LogP contribution is 2.23. The number of ether oxygens (including phenoxy) is 3. The number of halogens is 2. The molecule has 0 aliphatic heterocycles. The number of benzene rings is 1.